The second-order valence-electron chi connectivity index (χ2n) is 6.99. The van der Waals surface area contributed by atoms with Gasteiger partial charge in [0.1, 0.15) is 0 Å². The molecule has 0 bridgehead atoms. The molecular formula is C19H33BrN2S2Sn. The summed E-state index contributed by atoms with van der Waals surface area (Å²) in [4.78, 5) is 6.04. The third kappa shape index (κ3) is 5.89. The molecule has 2 nitrogen and oxygen atoms in total. The normalized spacial score (nSPS) is 12.3. The van der Waals surface area contributed by atoms with Crippen LogP contribution >= 0.6 is 39.0 Å². The molecule has 0 fully saturated rings. The number of thioether (sulfide) groups is 1. The quantitative estimate of drug-likeness (QED) is 0.152. The van der Waals surface area contributed by atoms with E-state index in [9.17, 15) is 0 Å². The van der Waals surface area contributed by atoms with Crippen LogP contribution in [0.1, 0.15) is 59.3 Å². The van der Waals surface area contributed by atoms with Crippen molar-refractivity contribution in [1.29, 1.82) is 0 Å². The van der Waals surface area contributed by atoms with E-state index in [1.807, 2.05) is 21.0 Å². The van der Waals surface area contributed by atoms with Crippen LogP contribution in [0.15, 0.2) is 17.6 Å². The Morgan fingerprint density at radius 3 is 2.20 bits per heavy atom. The summed E-state index contributed by atoms with van der Waals surface area (Å²) in [5.41, 5.74) is 0. The van der Waals surface area contributed by atoms with Crippen LogP contribution in [0.4, 0.5) is 0 Å². The van der Waals surface area contributed by atoms with Gasteiger partial charge in [0.05, 0.1) is 0 Å². The maximum atomic E-state index is 4.64. The number of thiazole rings is 1. The van der Waals surface area contributed by atoms with E-state index in [2.05, 4.69) is 63.6 Å². The van der Waals surface area contributed by atoms with Crippen molar-refractivity contribution < 1.29 is 0 Å². The molecule has 0 aliphatic rings. The third-order valence-electron chi connectivity index (χ3n) is 5.05. The van der Waals surface area contributed by atoms with Gasteiger partial charge in [0.25, 0.3) is 0 Å². The second kappa shape index (κ2) is 11.6. The number of hydrogen-bond acceptors (Lipinski definition) is 3. The topological polar surface area (TPSA) is 17.3 Å². The van der Waals surface area contributed by atoms with Crippen LogP contribution in [-0.4, -0.2) is 38.8 Å². The van der Waals surface area contributed by atoms with Gasteiger partial charge in [-0.3, -0.25) is 0 Å². The fourth-order valence-electron chi connectivity index (χ4n) is 3.55. The van der Waals surface area contributed by atoms with E-state index in [4.69, 9.17) is 0 Å². The number of unbranched alkanes of at least 4 members (excludes halogenated alkanes) is 3. The molecule has 0 aliphatic carbocycles. The van der Waals surface area contributed by atoms with Gasteiger partial charge < -0.3 is 0 Å². The second-order valence-corrected chi connectivity index (χ2v) is 24.1. The maximum absolute atomic E-state index is 4.64. The van der Waals surface area contributed by atoms with Crippen LogP contribution < -0.4 is 2.89 Å². The zero-order valence-corrected chi connectivity index (χ0v) is 22.1. The molecule has 0 radical (unpaired) electrons. The Balaban J connectivity index is 2.35. The number of imidazole rings is 1. The van der Waals surface area contributed by atoms with Gasteiger partial charge in [-0.25, -0.2) is 0 Å². The van der Waals surface area contributed by atoms with Gasteiger partial charge in [-0.1, -0.05) is 0 Å². The van der Waals surface area contributed by atoms with Gasteiger partial charge in [-0.05, 0) is 0 Å². The standard InChI is InChI=1S/C7H6BrN2S2.3C4H9.Sn/c8-1-3-11-6-7-10(5-9-6)2-4-12-7;3*1-3-4-2;/h2,5H,1,3H2;3*1,3-4H2,2H3;. The first-order valence-electron chi connectivity index (χ1n) is 9.86. The summed E-state index contributed by atoms with van der Waals surface area (Å²) in [6, 6.07) is 0. The molecule has 0 N–H and O–H groups in total. The number of hydrogen-bond donors (Lipinski definition) is 0. The predicted molar refractivity (Wildman–Crippen MR) is 122 cm³/mol. The molecule has 0 spiro atoms. The van der Waals surface area contributed by atoms with Gasteiger partial charge in [-0.15, -0.1) is 0 Å². The summed E-state index contributed by atoms with van der Waals surface area (Å²) in [7, 11) is 0. The van der Waals surface area contributed by atoms with Crippen LogP contribution in [0, 0.1) is 0 Å². The van der Waals surface area contributed by atoms with E-state index in [0.29, 0.717) is 0 Å². The first-order chi connectivity index (χ1) is 12.2. The van der Waals surface area contributed by atoms with Crippen molar-refractivity contribution in [1.82, 2.24) is 9.38 Å². The number of aromatic nitrogens is 2. The van der Waals surface area contributed by atoms with Crippen molar-refractivity contribution in [3.63, 3.8) is 0 Å². The van der Waals surface area contributed by atoms with E-state index in [1.54, 1.807) is 13.3 Å². The van der Waals surface area contributed by atoms with Crippen molar-refractivity contribution in [3.8, 4) is 0 Å². The van der Waals surface area contributed by atoms with Crippen LogP contribution in [0.2, 0.25) is 13.3 Å². The van der Waals surface area contributed by atoms with Crippen molar-refractivity contribution in [2.24, 2.45) is 0 Å². The molecule has 0 unspecified atom stereocenters. The number of alkyl halides is 1. The monoisotopic (exact) mass is 552 g/mol. The Bertz CT molecular complexity index is 604. The number of nitrogens with zero attached hydrogens (tertiary/aromatic N) is 2. The Labute approximate surface area is 174 Å². The minimum absolute atomic E-state index is 1.03. The summed E-state index contributed by atoms with van der Waals surface area (Å²) < 4.78 is 8.78. The predicted octanol–water partition coefficient (Wildman–Crippen LogP) is 6.94. The zero-order valence-electron chi connectivity index (χ0n) is 16.0. The average Bonchev–Trinajstić information content (AvgIpc) is 3.21. The van der Waals surface area contributed by atoms with Crippen molar-refractivity contribution in [2.75, 3.05) is 11.1 Å². The molecule has 0 saturated carbocycles. The van der Waals surface area contributed by atoms with Crippen LogP contribution in [0.25, 0.3) is 4.83 Å². The van der Waals surface area contributed by atoms with Gasteiger partial charge in [-0.2, -0.15) is 0 Å². The molecule has 0 aliphatic heterocycles. The summed E-state index contributed by atoms with van der Waals surface area (Å²) >= 11 is 5.24. The molecule has 2 aromatic heterocycles. The fourth-order valence-corrected chi connectivity index (χ4v) is 24.9. The Kier molecular flexibility index (Phi) is 10.2. The zero-order chi connectivity index (χ0) is 18.1. The summed E-state index contributed by atoms with van der Waals surface area (Å²) in [6.07, 6.45) is 12.8. The van der Waals surface area contributed by atoms with Gasteiger partial charge in [0.15, 0.2) is 0 Å². The van der Waals surface area contributed by atoms with E-state index in [1.165, 1.54) is 48.4 Å². The number of fused-ring (bicyclic) bond motifs is 1. The first-order valence-corrected chi connectivity index (χ1v) is 20.3. The summed E-state index contributed by atoms with van der Waals surface area (Å²) in [5.74, 6) is 1.09. The summed E-state index contributed by atoms with van der Waals surface area (Å²) in [5, 5.41) is 2.26. The Hall–Kier alpha value is 0.799. The van der Waals surface area contributed by atoms with Crippen molar-refractivity contribution in [3.05, 3.63) is 12.5 Å². The Morgan fingerprint density at radius 1 is 1.08 bits per heavy atom. The van der Waals surface area contributed by atoms with E-state index >= 15 is 0 Å². The van der Waals surface area contributed by atoms with Crippen LogP contribution in [0.5, 0.6) is 0 Å². The Morgan fingerprint density at radius 2 is 1.68 bits per heavy atom. The summed E-state index contributed by atoms with van der Waals surface area (Å²) in [6.45, 7) is 7.07. The number of halogens is 1. The molecule has 0 saturated heterocycles. The third-order valence-corrected chi connectivity index (χ3v) is 26.4. The van der Waals surface area contributed by atoms with E-state index in [0.717, 1.165) is 11.1 Å². The molecule has 2 heterocycles. The van der Waals surface area contributed by atoms with Gasteiger partial charge >= 0.3 is 176 Å². The molecule has 6 heteroatoms. The van der Waals surface area contributed by atoms with Crippen LogP contribution in [0.3, 0.4) is 0 Å². The molecule has 0 atom stereocenters. The molecule has 142 valence electrons. The molecule has 2 rings (SSSR count). The van der Waals surface area contributed by atoms with E-state index < -0.39 is 18.4 Å². The molecule has 2 aromatic rings. The molecule has 0 amide bonds. The number of rotatable bonds is 13. The molecule has 25 heavy (non-hydrogen) atoms. The molecular weight excluding hydrogens is 519 g/mol. The minimum atomic E-state index is -2.29. The van der Waals surface area contributed by atoms with Crippen LogP contribution in [-0.2, 0) is 0 Å². The van der Waals surface area contributed by atoms with Crippen molar-refractivity contribution in [2.45, 2.75) is 77.6 Å². The van der Waals surface area contributed by atoms with E-state index in [-0.39, 0.29) is 0 Å². The first kappa shape index (κ1) is 22.1. The van der Waals surface area contributed by atoms with Crippen molar-refractivity contribution >= 4 is 65.1 Å². The molecule has 0 aromatic carbocycles. The fraction of sp³-hybridized carbons (Fsp3) is 0.737. The van der Waals surface area contributed by atoms with Gasteiger partial charge in [0, 0.05) is 0 Å². The SMILES string of the molecule is CCC[CH2][Sn]([CH2]CCC)([CH2]CCC)[c]1cn2cnc(SCCBr)c2s1. The van der Waals surface area contributed by atoms with Gasteiger partial charge in [0.2, 0.25) is 0 Å². The average molecular weight is 552 g/mol.